The third-order valence-electron chi connectivity index (χ3n) is 6.17. The second-order valence-electron chi connectivity index (χ2n) is 8.03. The van der Waals surface area contributed by atoms with E-state index in [9.17, 15) is 4.79 Å². The van der Waals surface area contributed by atoms with E-state index in [1.54, 1.807) is 0 Å². The topological polar surface area (TPSA) is 67.6 Å². The van der Waals surface area contributed by atoms with Gasteiger partial charge in [-0.25, -0.2) is 0 Å². The highest BCUT2D eigenvalue weighted by Gasteiger charge is 2.44. The average Bonchev–Trinajstić information content (AvgIpc) is 3.09. The van der Waals surface area contributed by atoms with Crippen LogP contribution in [0.2, 0.25) is 0 Å². The zero-order valence-corrected chi connectivity index (χ0v) is 16.9. The highest BCUT2D eigenvalue weighted by atomic mass is 16.5. The van der Waals surface area contributed by atoms with Gasteiger partial charge in [-0.05, 0) is 49.2 Å². The molecule has 3 atom stereocenters. The van der Waals surface area contributed by atoms with Gasteiger partial charge in [-0.1, -0.05) is 43.2 Å². The zero-order chi connectivity index (χ0) is 20.1. The number of fused-ring (bicyclic) bond motifs is 1. The molecule has 0 aliphatic carbocycles. The molecule has 2 aliphatic rings. The molecule has 3 N–H and O–H groups in total. The fourth-order valence-electron chi connectivity index (χ4n) is 4.74. The molecule has 5 heteroatoms. The fourth-order valence-corrected chi connectivity index (χ4v) is 4.74. The summed E-state index contributed by atoms with van der Waals surface area (Å²) >= 11 is 0. The first kappa shape index (κ1) is 19.9. The van der Waals surface area contributed by atoms with Crippen molar-refractivity contribution in [3.63, 3.8) is 0 Å². The molecule has 2 aromatic carbocycles. The van der Waals surface area contributed by atoms with E-state index in [0.717, 1.165) is 30.8 Å². The predicted molar refractivity (Wildman–Crippen MR) is 115 cm³/mol. The summed E-state index contributed by atoms with van der Waals surface area (Å²) in [5, 5.41) is 3.77. The van der Waals surface area contributed by atoms with Crippen LogP contribution in [0.15, 0.2) is 54.6 Å². The van der Waals surface area contributed by atoms with Crippen LogP contribution in [-0.2, 0) is 0 Å². The largest absolute Gasteiger partial charge is 0.492 e. The molecule has 0 unspecified atom stereocenters. The van der Waals surface area contributed by atoms with Gasteiger partial charge in [-0.15, -0.1) is 0 Å². The van der Waals surface area contributed by atoms with Crippen molar-refractivity contribution in [3.05, 3.63) is 65.7 Å². The molecule has 0 spiro atoms. The van der Waals surface area contributed by atoms with Gasteiger partial charge in [0.05, 0.1) is 0 Å². The number of nitrogens with one attached hydrogen (secondary N) is 1. The number of carbonyl (C=O) groups excluding carboxylic acids is 1. The Hall–Kier alpha value is -2.37. The van der Waals surface area contributed by atoms with E-state index in [-0.39, 0.29) is 11.9 Å². The molecular weight excluding hydrogens is 362 g/mol. The van der Waals surface area contributed by atoms with Crippen LogP contribution in [0.1, 0.15) is 47.5 Å². The Balaban J connectivity index is 1.57. The van der Waals surface area contributed by atoms with E-state index in [2.05, 4.69) is 40.5 Å². The number of carbonyl (C=O) groups is 1. The summed E-state index contributed by atoms with van der Waals surface area (Å²) in [4.78, 5) is 15.5. The summed E-state index contributed by atoms with van der Waals surface area (Å²) in [6, 6.07) is 18.6. The maximum atomic E-state index is 13.4. The number of hydrogen-bond donors (Lipinski definition) is 2. The van der Waals surface area contributed by atoms with Crippen molar-refractivity contribution in [1.29, 1.82) is 0 Å². The molecule has 2 aliphatic heterocycles. The van der Waals surface area contributed by atoms with Crippen LogP contribution in [0, 0.1) is 0 Å². The minimum absolute atomic E-state index is 0.117. The Morgan fingerprint density at radius 3 is 2.62 bits per heavy atom. The quantitative estimate of drug-likeness (QED) is 0.819. The van der Waals surface area contributed by atoms with Crippen molar-refractivity contribution in [2.75, 3.05) is 26.2 Å². The van der Waals surface area contributed by atoms with Crippen molar-refractivity contribution in [3.8, 4) is 5.75 Å². The summed E-state index contributed by atoms with van der Waals surface area (Å²) in [5.74, 6) is 1.20. The van der Waals surface area contributed by atoms with Gasteiger partial charge in [-0.2, -0.15) is 0 Å². The Kier molecular flexibility index (Phi) is 6.47. The zero-order valence-electron chi connectivity index (χ0n) is 16.9. The first-order chi connectivity index (χ1) is 14.3. The second kappa shape index (κ2) is 9.42. The van der Waals surface area contributed by atoms with Crippen molar-refractivity contribution in [2.45, 2.75) is 43.7 Å². The Morgan fingerprint density at radius 2 is 1.86 bits per heavy atom. The van der Waals surface area contributed by atoms with Crippen LogP contribution in [0.4, 0.5) is 0 Å². The summed E-state index contributed by atoms with van der Waals surface area (Å²) in [6.45, 7) is 2.75. The summed E-state index contributed by atoms with van der Waals surface area (Å²) in [6.07, 6.45) is 4.68. The molecule has 0 bridgehead atoms. The lowest BCUT2D eigenvalue weighted by Gasteiger charge is -2.31. The van der Waals surface area contributed by atoms with Gasteiger partial charge in [0.1, 0.15) is 12.4 Å². The number of rotatable bonds is 5. The van der Waals surface area contributed by atoms with Crippen molar-refractivity contribution in [1.82, 2.24) is 10.2 Å². The molecular formula is C24H31N3O2. The monoisotopic (exact) mass is 393 g/mol. The maximum absolute atomic E-state index is 13.4. The highest BCUT2D eigenvalue weighted by Crippen LogP contribution is 2.36. The van der Waals surface area contributed by atoms with E-state index in [1.165, 1.54) is 24.8 Å². The van der Waals surface area contributed by atoms with Gasteiger partial charge < -0.3 is 20.7 Å². The number of benzene rings is 2. The lowest BCUT2D eigenvalue weighted by atomic mass is 9.88. The van der Waals surface area contributed by atoms with Crippen LogP contribution in [0.5, 0.6) is 5.75 Å². The van der Waals surface area contributed by atoms with Crippen LogP contribution >= 0.6 is 0 Å². The summed E-state index contributed by atoms with van der Waals surface area (Å²) < 4.78 is 5.55. The molecule has 0 aromatic heterocycles. The standard InChI is InChI=1S/C24H31N3O2/c25-14-16-29-20-12-10-19(11-13-20)24(28)27-17-21(18-7-3-1-4-8-18)23-22(27)9-5-2-6-15-26-23/h1,3-4,7-8,10-13,21-23,26H,2,5-6,9,14-17,25H2/t21-,22-,23-/m0/s1. The first-order valence-electron chi connectivity index (χ1n) is 10.8. The minimum atomic E-state index is 0.117. The average molecular weight is 394 g/mol. The third-order valence-corrected chi connectivity index (χ3v) is 6.17. The molecule has 2 fully saturated rings. The van der Waals surface area contributed by atoms with E-state index in [1.807, 2.05) is 24.3 Å². The lowest BCUT2D eigenvalue weighted by molar-refractivity contribution is 0.0713. The molecule has 2 saturated heterocycles. The number of nitrogens with two attached hydrogens (primary N) is 1. The predicted octanol–water partition coefficient (Wildman–Crippen LogP) is 3.16. The smallest absolute Gasteiger partial charge is 0.254 e. The molecule has 2 aromatic rings. The van der Waals surface area contributed by atoms with Gasteiger partial charge in [-0.3, -0.25) is 4.79 Å². The van der Waals surface area contributed by atoms with E-state index >= 15 is 0 Å². The summed E-state index contributed by atoms with van der Waals surface area (Å²) in [5.41, 5.74) is 7.53. The Labute approximate surface area is 173 Å². The van der Waals surface area contributed by atoms with Crippen molar-refractivity contribution < 1.29 is 9.53 Å². The third kappa shape index (κ3) is 4.46. The summed E-state index contributed by atoms with van der Waals surface area (Å²) in [7, 11) is 0. The molecule has 0 saturated carbocycles. The van der Waals surface area contributed by atoms with Crippen LogP contribution in [0.25, 0.3) is 0 Å². The van der Waals surface area contributed by atoms with Crippen molar-refractivity contribution >= 4 is 5.91 Å². The second-order valence-corrected chi connectivity index (χ2v) is 8.03. The van der Waals surface area contributed by atoms with Crippen LogP contribution in [-0.4, -0.2) is 49.1 Å². The lowest BCUT2D eigenvalue weighted by Crippen LogP contribution is -2.47. The Morgan fingerprint density at radius 1 is 1.07 bits per heavy atom. The molecule has 5 nitrogen and oxygen atoms in total. The van der Waals surface area contributed by atoms with E-state index < -0.39 is 0 Å². The molecule has 1 amide bonds. The fraction of sp³-hybridized carbons (Fsp3) is 0.458. The molecule has 2 heterocycles. The van der Waals surface area contributed by atoms with Crippen LogP contribution in [0.3, 0.4) is 0 Å². The molecule has 4 rings (SSSR count). The van der Waals surface area contributed by atoms with E-state index in [0.29, 0.717) is 25.1 Å². The molecule has 0 radical (unpaired) electrons. The number of likely N-dealkylation sites (tertiary alicyclic amines) is 1. The van der Waals surface area contributed by atoms with Gasteiger partial charge in [0.25, 0.3) is 5.91 Å². The Bertz CT molecular complexity index is 794. The SMILES string of the molecule is NCCOc1ccc(C(=O)N2C[C@@H](c3ccccc3)[C@@H]3NCCCCC[C@@H]32)cc1. The van der Waals surface area contributed by atoms with Crippen LogP contribution < -0.4 is 15.8 Å². The van der Waals surface area contributed by atoms with Gasteiger partial charge in [0, 0.05) is 36.7 Å². The van der Waals surface area contributed by atoms with Gasteiger partial charge >= 0.3 is 0 Å². The number of nitrogens with zero attached hydrogens (tertiary/aromatic N) is 1. The van der Waals surface area contributed by atoms with Gasteiger partial charge in [0.2, 0.25) is 0 Å². The maximum Gasteiger partial charge on any atom is 0.254 e. The number of amides is 1. The normalized spacial score (nSPS) is 24.4. The number of hydrogen-bond acceptors (Lipinski definition) is 4. The highest BCUT2D eigenvalue weighted by molar-refractivity contribution is 5.95. The van der Waals surface area contributed by atoms with Crippen molar-refractivity contribution in [2.24, 2.45) is 5.73 Å². The van der Waals surface area contributed by atoms with E-state index in [4.69, 9.17) is 10.5 Å². The minimum Gasteiger partial charge on any atom is -0.492 e. The molecule has 29 heavy (non-hydrogen) atoms. The molecule has 154 valence electrons. The van der Waals surface area contributed by atoms with Gasteiger partial charge in [0.15, 0.2) is 0 Å². The number of ether oxygens (including phenoxy) is 1. The first-order valence-corrected chi connectivity index (χ1v) is 10.8.